The van der Waals surface area contributed by atoms with Gasteiger partial charge in [0.2, 0.25) is 0 Å². The topological polar surface area (TPSA) is 70.2 Å². The van der Waals surface area contributed by atoms with Crippen LogP contribution in [0, 0.1) is 12.8 Å². The molecule has 38 heavy (non-hydrogen) atoms. The maximum atomic E-state index is 4.67. The van der Waals surface area contributed by atoms with E-state index in [1.807, 2.05) is 24.7 Å². The Morgan fingerprint density at radius 2 is 1.97 bits per heavy atom. The first-order valence-electron chi connectivity index (χ1n) is 13.5. The van der Waals surface area contributed by atoms with Crippen molar-refractivity contribution in [3.8, 4) is 22.0 Å². The Balaban J connectivity index is 1.27. The first kappa shape index (κ1) is 24.6. The molecular formula is C32H33N5S. The van der Waals surface area contributed by atoms with E-state index >= 15 is 0 Å². The van der Waals surface area contributed by atoms with E-state index in [1.165, 1.54) is 58.6 Å². The van der Waals surface area contributed by atoms with Gasteiger partial charge in [-0.25, -0.2) is 0 Å². The minimum absolute atomic E-state index is 0.805. The fourth-order valence-electron chi connectivity index (χ4n) is 5.52. The lowest BCUT2D eigenvalue weighted by Gasteiger charge is -2.21. The molecule has 1 fully saturated rings. The van der Waals surface area contributed by atoms with Crippen LogP contribution < -0.4 is 10.6 Å². The fraction of sp³-hybridized carbons (Fsp3) is 0.281. The first-order valence-corrected chi connectivity index (χ1v) is 14.3. The third-order valence-corrected chi connectivity index (χ3v) is 8.68. The van der Waals surface area contributed by atoms with E-state index in [0.29, 0.717) is 0 Å². The van der Waals surface area contributed by atoms with Crippen molar-refractivity contribution in [3.05, 3.63) is 81.6 Å². The van der Waals surface area contributed by atoms with Gasteiger partial charge in [0.05, 0.1) is 21.6 Å². The molecule has 5 aromatic rings. The highest BCUT2D eigenvalue weighted by molar-refractivity contribution is 7.15. The van der Waals surface area contributed by atoms with Crippen LogP contribution in [0.1, 0.15) is 55.0 Å². The van der Waals surface area contributed by atoms with Crippen molar-refractivity contribution in [3.63, 3.8) is 0 Å². The third kappa shape index (κ3) is 5.01. The summed E-state index contributed by atoms with van der Waals surface area (Å²) >= 11 is 1.76. The van der Waals surface area contributed by atoms with Crippen molar-refractivity contribution in [1.29, 1.82) is 0 Å². The summed E-state index contributed by atoms with van der Waals surface area (Å²) in [5.41, 5.74) is 7.47. The number of aryl methyl sites for hydroxylation is 1. The molecule has 0 amide bonds. The summed E-state index contributed by atoms with van der Waals surface area (Å²) < 4.78 is 0. The maximum absolute atomic E-state index is 4.67. The lowest BCUT2D eigenvalue weighted by molar-refractivity contribution is 0.356. The SMILES string of the molecule is C=c1c(-c2cc3c(-c4ccc(C)s4)nccc3[nH]2)n[nH]/c1=C/C=C(\C)c1cncc(CC2CCCCC2)c1. The van der Waals surface area contributed by atoms with Crippen LogP contribution in [0.25, 0.3) is 51.1 Å². The molecule has 0 saturated heterocycles. The summed E-state index contributed by atoms with van der Waals surface area (Å²) in [5, 5.41) is 10.6. The minimum atomic E-state index is 0.805. The molecule has 5 nitrogen and oxygen atoms in total. The average Bonchev–Trinajstić information content (AvgIpc) is 3.66. The molecular weight excluding hydrogens is 486 g/mol. The zero-order valence-corrected chi connectivity index (χ0v) is 22.9. The number of hydrogen-bond acceptors (Lipinski definition) is 4. The lowest BCUT2D eigenvalue weighted by atomic mass is 9.85. The Hall–Kier alpha value is -3.77. The van der Waals surface area contributed by atoms with Crippen molar-refractivity contribution >= 4 is 40.5 Å². The van der Waals surface area contributed by atoms with Crippen LogP contribution in [-0.2, 0) is 6.42 Å². The molecule has 0 atom stereocenters. The Kier molecular flexibility index (Phi) is 6.81. The minimum Gasteiger partial charge on any atom is -0.353 e. The predicted octanol–water partition coefficient (Wildman–Crippen LogP) is 6.80. The molecule has 0 aromatic carbocycles. The van der Waals surface area contributed by atoms with Crippen LogP contribution in [-0.4, -0.2) is 25.1 Å². The van der Waals surface area contributed by atoms with Crippen molar-refractivity contribution in [2.75, 3.05) is 0 Å². The van der Waals surface area contributed by atoms with Gasteiger partial charge in [-0.3, -0.25) is 15.1 Å². The highest BCUT2D eigenvalue weighted by Crippen LogP contribution is 2.33. The van der Waals surface area contributed by atoms with E-state index in [2.05, 4.69) is 82.0 Å². The normalized spacial score (nSPS) is 15.5. The van der Waals surface area contributed by atoms with Crippen molar-refractivity contribution in [2.24, 2.45) is 5.92 Å². The van der Waals surface area contributed by atoms with E-state index in [-0.39, 0.29) is 0 Å². The van der Waals surface area contributed by atoms with E-state index in [0.717, 1.165) is 50.9 Å². The number of nitrogens with one attached hydrogen (secondary N) is 2. The van der Waals surface area contributed by atoms with Gasteiger partial charge in [-0.1, -0.05) is 44.8 Å². The van der Waals surface area contributed by atoms with Crippen LogP contribution >= 0.6 is 11.3 Å². The van der Waals surface area contributed by atoms with E-state index in [4.69, 9.17) is 0 Å². The number of aromatic nitrogens is 5. The molecule has 6 heteroatoms. The summed E-state index contributed by atoms with van der Waals surface area (Å²) in [4.78, 5) is 15.2. The van der Waals surface area contributed by atoms with Crippen LogP contribution in [0.15, 0.2) is 55.0 Å². The van der Waals surface area contributed by atoms with Gasteiger partial charge in [-0.05, 0) is 79.3 Å². The second kappa shape index (κ2) is 10.5. The molecule has 1 aliphatic carbocycles. The molecule has 0 unspecified atom stereocenters. The highest BCUT2D eigenvalue weighted by atomic mass is 32.1. The Morgan fingerprint density at radius 1 is 1.11 bits per heavy atom. The van der Waals surface area contributed by atoms with Gasteiger partial charge in [-0.2, -0.15) is 5.10 Å². The number of hydrogen-bond donors (Lipinski definition) is 2. The molecule has 1 aliphatic rings. The van der Waals surface area contributed by atoms with Crippen molar-refractivity contribution in [1.82, 2.24) is 25.1 Å². The summed E-state index contributed by atoms with van der Waals surface area (Å²) in [6.45, 7) is 8.60. The third-order valence-electron chi connectivity index (χ3n) is 7.68. The Morgan fingerprint density at radius 3 is 2.79 bits per heavy atom. The van der Waals surface area contributed by atoms with Crippen LogP contribution in [0.3, 0.4) is 0 Å². The zero-order chi connectivity index (χ0) is 26.1. The smallest absolute Gasteiger partial charge is 0.116 e. The highest BCUT2D eigenvalue weighted by Gasteiger charge is 2.15. The number of aromatic amines is 2. The average molecular weight is 520 g/mol. The monoisotopic (exact) mass is 519 g/mol. The molecule has 5 heterocycles. The quantitative estimate of drug-likeness (QED) is 0.259. The Bertz CT molecular complexity index is 1730. The maximum Gasteiger partial charge on any atom is 0.116 e. The molecule has 6 rings (SSSR count). The van der Waals surface area contributed by atoms with E-state index < -0.39 is 0 Å². The van der Waals surface area contributed by atoms with Gasteiger partial charge >= 0.3 is 0 Å². The summed E-state index contributed by atoms with van der Waals surface area (Å²) in [7, 11) is 0. The van der Waals surface area contributed by atoms with Gasteiger partial charge in [0.25, 0.3) is 0 Å². The number of H-pyrrole nitrogens is 2. The fourth-order valence-corrected chi connectivity index (χ4v) is 6.40. The molecule has 0 aliphatic heterocycles. The molecule has 2 N–H and O–H groups in total. The van der Waals surface area contributed by atoms with Gasteiger partial charge in [0.15, 0.2) is 0 Å². The predicted molar refractivity (Wildman–Crippen MR) is 159 cm³/mol. The summed E-state index contributed by atoms with van der Waals surface area (Å²) in [6.07, 6.45) is 18.0. The summed E-state index contributed by atoms with van der Waals surface area (Å²) in [6, 6.07) is 10.7. The summed E-state index contributed by atoms with van der Waals surface area (Å²) in [5.74, 6) is 0.805. The largest absolute Gasteiger partial charge is 0.353 e. The van der Waals surface area contributed by atoms with Crippen LogP contribution in [0.2, 0.25) is 0 Å². The second-order valence-electron chi connectivity index (χ2n) is 10.5. The number of nitrogens with zero attached hydrogens (tertiary/aromatic N) is 3. The molecule has 1 saturated carbocycles. The number of fused-ring (bicyclic) bond motifs is 1. The van der Waals surface area contributed by atoms with Gasteiger partial charge in [0, 0.05) is 39.6 Å². The Labute approximate surface area is 227 Å². The van der Waals surface area contributed by atoms with Crippen LogP contribution in [0.5, 0.6) is 0 Å². The molecule has 192 valence electrons. The first-order chi connectivity index (χ1) is 18.5. The molecule has 0 radical (unpaired) electrons. The molecule has 5 aromatic heterocycles. The van der Waals surface area contributed by atoms with Crippen LogP contribution in [0.4, 0.5) is 0 Å². The van der Waals surface area contributed by atoms with E-state index in [1.54, 1.807) is 11.3 Å². The number of thiophene rings is 1. The van der Waals surface area contributed by atoms with E-state index in [9.17, 15) is 0 Å². The second-order valence-corrected chi connectivity index (χ2v) is 11.8. The number of pyridine rings is 2. The molecule has 0 spiro atoms. The standard InChI is InChI=1S/C32H33N5S/c1-20(25-16-24(18-33-19-25)15-23-7-5-4-6-8-23)9-11-27-22(3)31(37-36-27)29-17-26-28(35-29)13-14-34-32(26)30-12-10-21(2)38-30/h9-14,16-19,23,35-36H,3-8,15H2,1-2H3/b20-9+,27-11+. The number of rotatable bonds is 6. The lowest BCUT2D eigenvalue weighted by Crippen LogP contribution is -2.21. The van der Waals surface area contributed by atoms with Gasteiger partial charge < -0.3 is 4.98 Å². The van der Waals surface area contributed by atoms with Crippen molar-refractivity contribution < 1.29 is 0 Å². The number of allylic oxidation sites excluding steroid dienone is 2. The van der Waals surface area contributed by atoms with Gasteiger partial charge in [0.1, 0.15) is 5.69 Å². The van der Waals surface area contributed by atoms with Crippen molar-refractivity contribution in [2.45, 2.75) is 52.4 Å². The molecule has 0 bridgehead atoms. The zero-order valence-electron chi connectivity index (χ0n) is 22.1. The van der Waals surface area contributed by atoms with Gasteiger partial charge in [-0.15, -0.1) is 11.3 Å².